The van der Waals surface area contributed by atoms with Crippen molar-refractivity contribution < 1.29 is 5.11 Å². The molecule has 1 fully saturated rings. The zero-order valence-electron chi connectivity index (χ0n) is 10.6. The molecule has 3 heteroatoms. The Morgan fingerprint density at radius 2 is 2.13 bits per heavy atom. The first-order valence-electron chi connectivity index (χ1n) is 5.92. The zero-order chi connectivity index (χ0) is 11.7. The second-order valence-electron chi connectivity index (χ2n) is 6.14. The van der Waals surface area contributed by atoms with E-state index in [0.29, 0.717) is 18.0 Å². The van der Waals surface area contributed by atoms with Gasteiger partial charge in [-0.15, -0.1) is 0 Å². The molecule has 1 saturated heterocycles. The molecule has 0 aromatic rings. The maximum absolute atomic E-state index is 9.93. The van der Waals surface area contributed by atoms with Crippen LogP contribution in [0.2, 0.25) is 0 Å². The van der Waals surface area contributed by atoms with Crippen molar-refractivity contribution in [3.63, 3.8) is 0 Å². The highest BCUT2D eigenvalue weighted by Crippen LogP contribution is 2.31. The van der Waals surface area contributed by atoms with Gasteiger partial charge in [-0.3, -0.25) is 0 Å². The van der Waals surface area contributed by atoms with Crippen LogP contribution in [0.5, 0.6) is 0 Å². The standard InChI is InChI=1S/C12H26N2O/c1-10(7-12(4,15)8-13)14-6-5-11(2,3)9-14/h10,15H,5-9,13H2,1-4H3. The topological polar surface area (TPSA) is 49.5 Å². The molecular formula is C12H26N2O. The van der Waals surface area contributed by atoms with Crippen LogP contribution < -0.4 is 5.73 Å². The first kappa shape index (κ1) is 12.9. The number of hydrogen-bond acceptors (Lipinski definition) is 3. The van der Waals surface area contributed by atoms with Crippen LogP contribution in [0.25, 0.3) is 0 Å². The van der Waals surface area contributed by atoms with Gasteiger partial charge in [-0.2, -0.15) is 0 Å². The van der Waals surface area contributed by atoms with Gasteiger partial charge in [0.15, 0.2) is 0 Å². The molecule has 0 saturated carbocycles. The zero-order valence-corrected chi connectivity index (χ0v) is 10.6. The summed E-state index contributed by atoms with van der Waals surface area (Å²) in [6, 6.07) is 0.422. The van der Waals surface area contributed by atoms with E-state index in [-0.39, 0.29) is 0 Å². The largest absolute Gasteiger partial charge is 0.389 e. The van der Waals surface area contributed by atoms with Crippen molar-refractivity contribution in [2.45, 2.75) is 52.2 Å². The van der Waals surface area contributed by atoms with Gasteiger partial charge in [-0.05, 0) is 38.6 Å². The fourth-order valence-corrected chi connectivity index (χ4v) is 2.38. The highest BCUT2D eigenvalue weighted by atomic mass is 16.3. The lowest BCUT2D eigenvalue weighted by atomic mass is 9.93. The molecule has 1 aliphatic rings. The van der Waals surface area contributed by atoms with E-state index in [1.807, 2.05) is 6.92 Å². The van der Waals surface area contributed by atoms with Crippen LogP contribution >= 0.6 is 0 Å². The lowest BCUT2D eigenvalue weighted by Gasteiger charge is -2.31. The van der Waals surface area contributed by atoms with E-state index in [0.717, 1.165) is 19.5 Å². The normalized spacial score (nSPS) is 27.6. The van der Waals surface area contributed by atoms with Crippen molar-refractivity contribution in [3.05, 3.63) is 0 Å². The molecular weight excluding hydrogens is 188 g/mol. The summed E-state index contributed by atoms with van der Waals surface area (Å²) in [6.45, 7) is 11.2. The number of hydrogen-bond donors (Lipinski definition) is 2. The molecule has 0 amide bonds. The molecule has 3 N–H and O–H groups in total. The number of nitrogens with two attached hydrogens (primary N) is 1. The third kappa shape index (κ3) is 3.74. The quantitative estimate of drug-likeness (QED) is 0.739. The van der Waals surface area contributed by atoms with Gasteiger partial charge >= 0.3 is 0 Å². The smallest absolute Gasteiger partial charge is 0.0756 e. The second kappa shape index (κ2) is 4.40. The Morgan fingerprint density at radius 3 is 2.53 bits per heavy atom. The van der Waals surface area contributed by atoms with E-state index >= 15 is 0 Å². The minimum absolute atomic E-state index is 0.342. The lowest BCUT2D eigenvalue weighted by molar-refractivity contribution is 0.0315. The van der Waals surface area contributed by atoms with Gasteiger partial charge < -0.3 is 15.7 Å². The third-order valence-corrected chi connectivity index (χ3v) is 3.51. The van der Waals surface area contributed by atoms with Gasteiger partial charge in [0.25, 0.3) is 0 Å². The highest BCUT2D eigenvalue weighted by molar-refractivity contribution is 4.88. The molecule has 0 radical (unpaired) electrons. The predicted molar refractivity (Wildman–Crippen MR) is 63.7 cm³/mol. The summed E-state index contributed by atoms with van der Waals surface area (Å²) in [5, 5.41) is 9.93. The third-order valence-electron chi connectivity index (χ3n) is 3.51. The fraction of sp³-hybridized carbons (Fsp3) is 1.00. The first-order chi connectivity index (χ1) is 6.76. The van der Waals surface area contributed by atoms with Gasteiger partial charge in [0.2, 0.25) is 0 Å². The summed E-state index contributed by atoms with van der Waals surface area (Å²) in [7, 11) is 0. The molecule has 2 atom stereocenters. The van der Waals surface area contributed by atoms with Crippen molar-refractivity contribution in [1.82, 2.24) is 4.90 Å². The van der Waals surface area contributed by atoms with Crippen LogP contribution in [0.1, 0.15) is 40.5 Å². The van der Waals surface area contributed by atoms with Crippen LogP contribution in [0, 0.1) is 5.41 Å². The van der Waals surface area contributed by atoms with Gasteiger partial charge in [-0.1, -0.05) is 13.8 Å². The second-order valence-corrected chi connectivity index (χ2v) is 6.14. The summed E-state index contributed by atoms with van der Waals surface area (Å²) in [6.07, 6.45) is 2.02. The van der Waals surface area contributed by atoms with Gasteiger partial charge in [0.1, 0.15) is 0 Å². The molecule has 3 nitrogen and oxygen atoms in total. The Hall–Kier alpha value is -0.120. The summed E-state index contributed by atoms with van der Waals surface area (Å²) in [4.78, 5) is 2.46. The summed E-state index contributed by atoms with van der Waals surface area (Å²) < 4.78 is 0. The Balaban J connectivity index is 2.45. The lowest BCUT2D eigenvalue weighted by Crippen LogP contribution is -2.43. The maximum Gasteiger partial charge on any atom is 0.0756 e. The molecule has 90 valence electrons. The molecule has 1 rings (SSSR count). The Morgan fingerprint density at radius 1 is 1.53 bits per heavy atom. The fourth-order valence-electron chi connectivity index (χ4n) is 2.38. The van der Waals surface area contributed by atoms with E-state index in [4.69, 9.17) is 5.73 Å². The van der Waals surface area contributed by atoms with Crippen molar-refractivity contribution >= 4 is 0 Å². The summed E-state index contributed by atoms with van der Waals surface area (Å²) in [5.74, 6) is 0. The number of nitrogens with zero attached hydrogens (tertiary/aromatic N) is 1. The molecule has 2 unspecified atom stereocenters. The molecule has 1 heterocycles. The minimum atomic E-state index is -0.716. The van der Waals surface area contributed by atoms with Crippen molar-refractivity contribution in [1.29, 1.82) is 0 Å². The Labute approximate surface area is 93.6 Å². The molecule has 0 aromatic heterocycles. The monoisotopic (exact) mass is 214 g/mol. The van der Waals surface area contributed by atoms with E-state index in [9.17, 15) is 5.11 Å². The van der Waals surface area contributed by atoms with Gasteiger partial charge in [0, 0.05) is 19.1 Å². The molecule has 0 spiro atoms. The highest BCUT2D eigenvalue weighted by Gasteiger charge is 2.33. The predicted octanol–water partition coefficient (Wildman–Crippen LogP) is 1.21. The van der Waals surface area contributed by atoms with Crippen LogP contribution in [-0.2, 0) is 0 Å². The maximum atomic E-state index is 9.93. The van der Waals surface area contributed by atoms with Crippen LogP contribution in [0.4, 0.5) is 0 Å². The number of likely N-dealkylation sites (tertiary alicyclic amines) is 1. The summed E-state index contributed by atoms with van der Waals surface area (Å²) in [5.41, 5.74) is 5.26. The minimum Gasteiger partial charge on any atom is -0.389 e. The molecule has 1 aliphatic heterocycles. The Bertz CT molecular complexity index is 214. The summed E-state index contributed by atoms with van der Waals surface area (Å²) >= 11 is 0. The number of rotatable bonds is 4. The first-order valence-corrected chi connectivity index (χ1v) is 5.92. The average molecular weight is 214 g/mol. The van der Waals surface area contributed by atoms with Crippen LogP contribution in [0.15, 0.2) is 0 Å². The molecule has 0 bridgehead atoms. The molecule has 15 heavy (non-hydrogen) atoms. The number of aliphatic hydroxyl groups is 1. The van der Waals surface area contributed by atoms with E-state index in [1.165, 1.54) is 6.42 Å². The van der Waals surface area contributed by atoms with Gasteiger partial charge in [-0.25, -0.2) is 0 Å². The average Bonchev–Trinajstić information content (AvgIpc) is 2.45. The Kier molecular flexibility index (Phi) is 3.80. The van der Waals surface area contributed by atoms with Crippen LogP contribution in [0.3, 0.4) is 0 Å². The molecule has 0 aromatic carbocycles. The van der Waals surface area contributed by atoms with E-state index in [2.05, 4.69) is 25.7 Å². The van der Waals surface area contributed by atoms with Crippen molar-refractivity contribution in [2.24, 2.45) is 11.1 Å². The SMILES string of the molecule is CC(CC(C)(O)CN)N1CCC(C)(C)C1. The van der Waals surface area contributed by atoms with E-state index in [1.54, 1.807) is 0 Å². The van der Waals surface area contributed by atoms with E-state index < -0.39 is 5.60 Å². The van der Waals surface area contributed by atoms with Gasteiger partial charge in [0.05, 0.1) is 5.60 Å². The van der Waals surface area contributed by atoms with Crippen molar-refractivity contribution in [2.75, 3.05) is 19.6 Å². The van der Waals surface area contributed by atoms with Crippen LogP contribution in [-0.4, -0.2) is 41.3 Å². The molecule has 0 aliphatic carbocycles. The van der Waals surface area contributed by atoms with Crippen molar-refractivity contribution in [3.8, 4) is 0 Å².